The molecule has 0 aliphatic rings. The molecule has 2 aromatic carbocycles. The minimum atomic E-state index is 0.527. The quantitative estimate of drug-likeness (QED) is 0.504. The predicted molar refractivity (Wildman–Crippen MR) is 103 cm³/mol. The average molecular weight is 363 g/mol. The second-order valence-electron chi connectivity index (χ2n) is 5.21. The van der Waals surface area contributed by atoms with Gasteiger partial charge in [-0.3, -0.25) is 5.43 Å². The number of hydrogen-bond donors (Lipinski definition) is 1. The molecular weight excluding hydrogens is 340 g/mol. The van der Waals surface area contributed by atoms with Crippen LogP contribution in [-0.2, 0) is 0 Å². The molecule has 0 fully saturated rings. The van der Waals surface area contributed by atoms with Crippen molar-refractivity contribution in [2.24, 2.45) is 5.10 Å². The fraction of sp³-hybridized carbons (Fsp3) is 0.316. The lowest BCUT2D eigenvalue weighted by Gasteiger charge is -2.11. The van der Waals surface area contributed by atoms with E-state index < -0.39 is 0 Å². The van der Waals surface area contributed by atoms with Crippen LogP contribution in [0.2, 0.25) is 5.02 Å². The highest BCUT2D eigenvalue weighted by Crippen LogP contribution is 2.29. The summed E-state index contributed by atoms with van der Waals surface area (Å²) < 4.78 is 16.5. The first-order valence-electron chi connectivity index (χ1n) is 8.20. The smallest absolute Gasteiger partial charge is 0.161 e. The summed E-state index contributed by atoms with van der Waals surface area (Å²) in [4.78, 5) is 0. The molecule has 0 atom stereocenters. The Hall–Kier alpha value is -2.40. The molecule has 0 aliphatic heterocycles. The van der Waals surface area contributed by atoms with Gasteiger partial charge < -0.3 is 14.2 Å². The van der Waals surface area contributed by atoms with Gasteiger partial charge in [0.2, 0.25) is 0 Å². The van der Waals surface area contributed by atoms with Gasteiger partial charge in [0.1, 0.15) is 5.75 Å². The summed E-state index contributed by atoms with van der Waals surface area (Å²) in [6.45, 7) is 5.25. The van der Waals surface area contributed by atoms with Gasteiger partial charge in [0.25, 0.3) is 0 Å². The summed E-state index contributed by atoms with van der Waals surface area (Å²) in [7, 11) is 1.58. The maximum atomic E-state index is 6.09. The van der Waals surface area contributed by atoms with Crippen LogP contribution in [0.25, 0.3) is 0 Å². The number of hydrogen-bond acceptors (Lipinski definition) is 5. The minimum absolute atomic E-state index is 0.527. The van der Waals surface area contributed by atoms with Crippen LogP contribution in [0, 0.1) is 0 Å². The second kappa shape index (κ2) is 9.79. The molecule has 0 aliphatic carbocycles. The largest absolute Gasteiger partial charge is 0.495 e. The number of ether oxygens (including phenoxy) is 3. The Bertz CT molecular complexity index is 720. The standard InChI is InChI=1S/C19H23ClN2O3/c1-4-10-25-18-8-6-14(11-19(18)24-5-2)13-21-22-15-7-9-17(23-3)16(20)12-15/h6-9,11-13,22H,4-5,10H2,1-3H3/b21-13+. The van der Waals surface area contributed by atoms with E-state index in [1.54, 1.807) is 25.5 Å². The Balaban J connectivity index is 2.07. The van der Waals surface area contributed by atoms with Crippen molar-refractivity contribution in [1.29, 1.82) is 0 Å². The molecule has 2 rings (SSSR count). The summed E-state index contributed by atoms with van der Waals surface area (Å²) in [6, 6.07) is 11.1. The molecule has 5 nitrogen and oxygen atoms in total. The van der Waals surface area contributed by atoms with E-state index in [0.717, 1.165) is 23.4 Å². The van der Waals surface area contributed by atoms with Crippen LogP contribution < -0.4 is 19.6 Å². The van der Waals surface area contributed by atoms with E-state index in [1.807, 2.05) is 31.2 Å². The highest BCUT2D eigenvalue weighted by atomic mass is 35.5. The summed E-state index contributed by atoms with van der Waals surface area (Å²) in [5.74, 6) is 2.09. The van der Waals surface area contributed by atoms with E-state index in [0.29, 0.717) is 29.7 Å². The molecule has 0 bridgehead atoms. The van der Waals surface area contributed by atoms with Crippen LogP contribution in [0.4, 0.5) is 5.69 Å². The van der Waals surface area contributed by atoms with E-state index in [1.165, 1.54) is 0 Å². The van der Waals surface area contributed by atoms with Crippen LogP contribution in [0.5, 0.6) is 17.2 Å². The van der Waals surface area contributed by atoms with Crippen molar-refractivity contribution < 1.29 is 14.2 Å². The number of anilines is 1. The predicted octanol–water partition coefficient (Wildman–Crippen LogP) is 4.98. The zero-order chi connectivity index (χ0) is 18.1. The number of rotatable bonds is 9. The third-order valence-electron chi connectivity index (χ3n) is 3.29. The molecule has 25 heavy (non-hydrogen) atoms. The highest BCUT2D eigenvalue weighted by molar-refractivity contribution is 6.32. The molecule has 6 heteroatoms. The third-order valence-corrected chi connectivity index (χ3v) is 3.58. The van der Waals surface area contributed by atoms with Gasteiger partial charge in [-0.25, -0.2) is 0 Å². The Morgan fingerprint density at radius 2 is 1.84 bits per heavy atom. The molecule has 134 valence electrons. The number of hydrazone groups is 1. The van der Waals surface area contributed by atoms with Crippen LogP contribution in [0.3, 0.4) is 0 Å². The lowest BCUT2D eigenvalue weighted by Crippen LogP contribution is -2.01. The van der Waals surface area contributed by atoms with Crippen molar-refractivity contribution in [3.63, 3.8) is 0 Å². The van der Waals surface area contributed by atoms with E-state index in [2.05, 4.69) is 17.5 Å². The van der Waals surface area contributed by atoms with Crippen LogP contribution >= 0.6 is 11.6 Å². The van der Waals surface area contributed by atoms with E-state index in [-0.39, 0.29) is 0 Å². The van der Waals surface area contributed by atoms with Gasteiger partial charge in [-0.1, -0.05) is 18.5 Å². The number of benzene rings is 2. The van der Waals surface area contributed by atoms with Crippen molar-refractivity contribution in [1.82, 2.24) is 0 Å². The molecule has 0 aromatic heterocycles. The molecule has 0 unspecified atom stereocenters. The molecule has 0 spiro atoms. The summed E-state index contributed by atoms with van der Waals surface area (Å²) in [5, 5.41) is 4.76. The third kappa shape index (κ3) is 5.57. The molecule has 0 radical (unpaired) electrons. The van der Waals surface area contributed by atoms with E-state index in [9.17, 15) is 0 Å². The van der Waals surface area contributed by atoms with Crippen LogP contribution in [-0.4, -0.2) is 26.5 Å². The molecule has 0 saturated heterocycles. The van der Waals surface area contributed by atoms with Crippen molar-refractivity contribution in [2.45, 2.75) is 20.3 Å². The summed E-state index contributed by atoms with van der Waals surface area (Å²) >= 11 is 6.09. The molecule has 1 N–H and O–H groups in total. The molecule has 2 aromatic rings. The summed E-state index contributed by atoms with van der Waals surface area (Å²) in [6.07, 6.45) is 2.66. The fourth-order valence-electron chi connectivity index (χ4n) is 2.12. The first-order chi connectivity index (χ1) is 12.2. The average Bonchev–Trinajstić information content (AvgIpc) is 2.61. The molecule has 0 heterocycles. The summed E-state index contributed by atoms with van der Waals surface area (Å²) in [5.41, 5.74) is 4.62. The molecule has 0 amide bonds. The number of methoxy groups -OCH3 is 1. The van der Waals surface area contributed by atoms with Gasteiger partial charge >= 0.3 is 0 Å². The minimum Gasteiger partial charge on any atom is -0.495 e. The maximum absolute atomic E-state index is 6.09. The van der Waals surface area contributed by atoms with Gasteiger partial charge in [-0.05, 0) is 55.3 Å². The van der Waals surface area contributed by atoms with Crippen molar-refractivity contribution in [3.05, 3.63) is 47.0 Å². The van der Waals surface area contributed by atoms with Gasteiger partial charge in [-0.15, -0.1) is 0 Å². The Labute approximate surface area is 153 Å². The monoisotopic (exact) mass is 362 g/mol. The Morgan fingerprint density at radius 1 is 1.04 bits per heavy atom. The fourth-order valence-corrected chi connectivity index (χ4v) is 2.38. The zero-order valence-electron chi connectivity index (χ0n) is 14.7. The second-order valence-corrected chi connectivity index (χ2v) is 5.61. The number of nitrogens with zero attached hydrogens (tertiary/aromatic N) is 1. The first-order valence-corrected chi connectivity index (χ1v) is 8.58. The van der Waals surface area contributed by atoms with Crippen LogP contribution in [0.15, 0.2) is 41.5 Å². The lowest BCUT2D eigenvalue weighted by atomic mass is 10.2. The van der Waals surface area contributed by atoms with Crippen LogP contribution in [0.1, 0.15) is 25.8 Å². The lowest BCUT2D eigenvalue weighted by molar-refractivity contribution is 0.277. The highest BCUT2D eigenvalue weighted by Gasteiger charge is 2.05. The van der Waals surface area contributed by atoms with Gasteiger partial charge in [-0.2, -0.15) is 5.10 Å². The maximum Gasteiger partial charge on any atom is 0.161 e. The van der Waals surface area contributed by atoms with Crippen molar-refractivity contribution >= 4 is 23.5 Å². The Kier molecular flexibility index (Phi) is 7.41. The van der Waals surface area contributed by atoms with Crippen molar-refractivity contribution in [2.75, 3.05) is 25.7 Å². The SMILES string of the molecule is CCCOc1ccc(/C=N/Nc2ccc(OC)c(Cl)c2)cc1OCC. The normalized spacial score (nSPS) is 10.7. The van der Waals surface area contributed by atoms with Gasteiger partial charge in [0, 0.05) is 0 Å². The number of halogens is 1. The van der Waals surface area contributed by atoms with Gasteiger partial charge in [0.05, 0.1) is 37.2 Å². The zero-order valence-corrected chi connectivity index (χ0v) is 15.5. The topological polar surface area (TPSA) is 52.1 Å². The van der Waals surface area contributed by atoms with E-state index in [4.69, 9.17) is 25.8 Å². The molecular formula is C19H23ClN2O3. The first kappa shape index (κ1) is 18.9. The van der Waals surface area contributed by atoms with Crippen molar-refractivity contribution in [3.8, 4) is 17.2 Å². The van der Waals surface area contributed by atoms with E-state index >= 15 is 0 Å². The Morgan fingerprint density at radius 3 is 2.52 bits per heavy atom. The van der Waals surface area contributed by atoms with Gasteiger partial charge in [0.15, 0.2) is 11.5 Å². The molecule has 0 saturated carbocycles. The number of nitrogens with one attached hydrogen (secondary N) is 1.